The molecule has 1 fully saturated rings. The number of phenolic OH excluding ortho intramolecular Hbond substituents is 1. The second-order valence-corrected chi connectivity index (χ2v) is 6.17. The average Bonchev–Trinajstić information content (AvgIpc) is 3.12. The molecule has 122 valence electrons. The van der Waals surface area contributed by atoms with Crippen molar-refractivity contribution >= 4 is 34.8 Å². The van der Waals surface area contributed by atoms with E-state index in [-0.39, 0.29) is 27.4 Å². The van der Waals surface area contributed by atoms with Crippen LogP contribution in [0.2, 0.25) is 10.0 Å². The normalized spacial score (nSPS) is 20.7. The molecule has 0 bridgehead atoms. The third-order valence-corrected chi connectivity index (χ3v) is 4.56. The highest BCUT2D eigenvalue weighted by molar-refractivity contribution is 6.42. The van der Waals surface area contributed by atoms with Crippen molar-refractivity contribution in [1.29, 1.82) is 0 Å². The number of carbonyl (C=O) groups excluding carboxylic acids is 1. The van der Waals surface area contributed by atoms with E-state index in [2.05, 4.69) is 10.3 Å². The van der Waals surface area contributed by atoms with Crippen LogP contribution in [-0.2, 0) is 16.6 Å². The molecule has 23 heavy (non-hydrogen) atoms. The van der Waals surface area contributed by atoms with Gasteiger partial charge in [0.1, 0.15) is 17.7 Å². The first-order valence-corrected chi connectivity index (χ1v) is 7.80. The van der Waals surface area contributed by atoms with Crippen LogP contribution in [0, 0.1) is 5.92 Å². The Morgan fingerprint density at radius 3 is 2.87 bits per heavy atom. The van der Waals surface area contributed by atoms with Crippen molar-refractivity contribution in [2.75, 3.05) is 11.9 Å². The Morgan fingerprint density at radius 1 is 1.43 bits per heavy atom. The van der Waals surface area contributed by atoms with Crippen LogP contribution < -0.4 is 5.32 Å². The molecule has 1 aliphatic heterocycles. The molecule has 1 saturated heterocycles. The summed E-state index contributed by atoms with van der Waals surface area (Å²) in [5, 5.41) is 13.1. The molecule has 0 aliphatic carbocycles. The van der Waals surface area contributed by atoms with Crippen molar-refractivity contribution in [2.45, 2.75) is 12.5 Å². The van der Waals surface area contributed by atoms with E-state index >= 15 is 0 Å². The molecule has 0 spiro atoms. The van der Waals surface area contributed by atoms with E-state index in [0.29, 0.717) is 18.9 Å². The molecule has 2 atom stereocenters. The first-order chi connectivity index (χ1) is 11.0. The highest BCUT2D eigenvalue weighted by Gasteiger charge is 2.37. The van der Waals surface area contributed by atoms with Crippen molar-refractivity contribution in [3.8, 4) is 5.75 Å². The van der Waals surface area contributed by atoms with E-state index in [9.17, 15) is 9.90 Å². The van der Waals surface area contributed by atoms with Gasteiger partial charge in [-0.3, -0.25) is 4.79 Å². The number of rotatable bonds is 3. The summed E-state index contributed by atoms with van der Waals surface area (Å²) in [5.74, 6) is -0.102. The zero-order valence-electron chi connectivity index (χ0n) is 12.3. The van der Waals surface area contributed by atoms with E-state index < -0.39 is 12.0 Å². The number of hydrogen-bond donors (Lipinski definition) is 2. The number of ether oxygens (including phenoxy) is 1. The van der Waals surface area contributed by atoms with E-state index in [4.69, 9.17) is 27.9 Å². The lowest BCUT2D eigenvalue weighted by Crippen LogP contribution is -2.26. The van der Waals surface area contributed by atoms with E-state index in [1.807, 2.05) is 11.6 Å². The number of benzene rings is 1. The van der Waals surface area contributed by atoms with Gasteiger partial charge in [0.25, 0.3) is 0 Å². The predicted molar refractivity (Wildman–Crippen MR) is 86.8 cm³/mol. The van der Waals surface area contributed by atoms with Crippen LogP contribution in [0.15, 0.2) is 24.5 Å². The van der Waals surface area contributed by atoms with Gasteiger partial charge in [0, 0.05) is 32.1 Å². The van der Waals surface area contributed by atoms with Gasteiger partial charge >= 0.3 is 0 Å². The first kappa shape index (κ1) is 16.1. The Morgan fingerprint density at radius 2 is 2.17 bits per heavy atom. The Balaban J connectivity index is 1.80. The topological polar surface area (TPSA) is 76.4 Å². The van der Waals surface area contributed by atoms with E-state index in [0.717, 1.165) is 0 Å². The van der Waals surface area contributed by atoms with Crippen LogP contribution in [-0.4, -0.2) is 27.2 Å². The number of imidazole rings is 1. The fourth-order valence-corrected chi connectivity index (χ4v) is 2.95. The number of anilines is 1. The first-order valence-electron chi connectivity index (χ1n) is 7.05. The van der Waals surface area contributed by atoms with Gasteiger partial charge in [0.05, 0.1) is 21.7 Å². The lowest BCUT2D eigenvalue weighted by Gasteiger charge is -2.18. The molecular formula is C15H15Cl2N3O3. The largest absolute Gasteiger partial charge is 0.506 e. The SMILES string of the molecule is Cn1ccnc1[C@@H]1OCC[C@H]1C(=O)Nc1cc(Cl)c(Cl)cc1O. The minimum atomic E-state index is -0.417. The zero-order valence-corrected chi connectivity index (χ0v) is 13.8. The number of hydrogen-bond acceptors (Lipinski definition) is 4. The monoisotopic (exact) mass is 355 g/mol. The highest BCUT2D eigenvalue weighted by atomic mass is 35.5. The highest BCUT2D eigenvalue weighted by Crippen LogP contribution is 2.37. The van der Waals surface area contributed by atoms with Gasteiger partial charge in [0.15, 0.2) is 0 Å². The maximum absolute atomic E-state index is 12.6. The number of nitrogens with one attached hydrogen (secondary N) is 1. The number of amides is 1. The number of nitrogens with zero attached hydrogens (tertiary/aromatic N) is 2. The van der Waals surface area contributed by atoms with Crippen molar-refractivity contribution in [2.24, 2.45) is 13.0 Å². The lowest BCUT2D eigenvalue weighted by molar-refractivity contribution is -0.121. The fourth-order valence-electron chi connectivity index (χ4n) is 2.63. The second kappa shape index (κ2) is 6.39. The molecule has 1 aromatic heterocycles. The molecule has 8 heteroatoms. The number of carbonyl (C=O) groups is 1. The van der Waals surface area contributed by atoms with Crippen LogP contribution in [0.25, 0.3) is 0 Å². The maximum atomic E-state index is 12.6. The molecule has 0 unspecified atom stereocenters. The Labute approximate surface area is 143 Å². The zero-order chi connectivity index (χ0) is 16.6. The molecule has 6 nitrogen and oxygen atoms in total. The molecule has 3 rings (SSSR count). The summed E-state index contributed by atoms with van der Waals surface area (Å²) in [7, 11) is 1.85. The van der Waals surface area contributed by atoms with Gasteiger partial charge in [-0.2, -0.15) is 0 Å². The molecule has 0 saturated carbocycles. The summed E-state index contributed by atoms with van der Waals surface area (Å²) in [6.45, 7) is 0.475. The Kier molecular flexibility index (Phi) is 4.48. The summed E-state index contributed by atoms with van der Waals surface area (Å²) in [6.07, 6.45) is 3.62. The van der Waals surface area contributed by atoms with Crippen molar-refractivity contribution in [3.63, 3.8) is 0 Å². The third-order valence-electron chi connectivity index (χ3n) is 3.84. The quantitative estimate of drug-likeness (QED) is 0.829. The predicted octanol–water partition coefficient (Wildman–Crippen LogP) is 3.15. The van der Waals surface area contributed by atoms with E-state index in [1.165, 1.54) is 12.1 Å². The van der Waals surface area contributed by atoms with Gasteiger partial charge in [-0.1, -0.05) is 23.2 Å². The number of aryl methyl sites for hydroxylation is 1. The van der Waals surface area contributed by atoms with Crippen molar-refractivity contribution < 1.29 is 14.6 Å². The van der Waals surface area contributed by atoms with Crippen molar-refractivity contribution in [3.05, 3.63) is 40.4 Å². The minimum Gasteiger partial charge on any atom is -0.506 e. The summed E-state index contributed by atoms with van der Waals surface area (Å²) >= 11 is 11.7. The minimum absolute atomic E-state index is 0.139. The fraction of sp³-hybridized carbons (Fsp3) is 0.333. The number of aromatic nitrogens is 2. The summed E-state index contributed by atoms with van der Waals surface area (Å²) in [4.78, 5) is 16.8. The van der Waals surface area contributed by atoms with Crippen LogP contribution in [0.1, 0.15) is 18.3 Å². The van der Waals surface area contributed by atoms with Gasteiger partial charge in [0.2, 0.25) is 5.91 Å². The third kappa shape index (κ3) is 3.15. The molecule has 0 radical (unpaired) electrons. The molecule has 1 amide bonds. The summed E-state index contributed by atoms with van der Waals surface area (Å²) in [5.41, 5.74) is 0.217. The van der Waals surface area contributed by atoms with Gasteiger partial charge in [-0.25, -0.2) is 4.98 Å². The Bertz CT molecular complexity index is 748. The molecule has 2 N–H and O–H groups in total. The maximum Gasteiger partial charge on any atom is 0.230 e. The summed E-state index contributed by atoms with van der Waals surface area (Å²) in [6, 6.07) is 2.71. The molecule has 1 aliphatic rings. The smallest absolute Gasteiger partial charge is 0.230 e. The number of halogens is 2. The van der Waals surface area contributed by atoms with Gasteiger partial charge in [-0.15, -0.1) is 0 Å². The number of aromatic hydroxyl groups is 1. The second-order valence-electron chi connectivity index (χ2n) is 5.36. The molecule has 2 aromatic rings. The van der Waals surface area contributed by atoms with Gasteiger partial charge < -0.3 is 19.7 Å². The van der Waals surface area contributed by atoms with Crippen LogP contribution in [0.4, 0.5) is 5.69 Å². The van der Waals surface area contributed by atoms with Crippen LogP contribution in [0.5, 0.6) is 5.75 Å². The molecular weight excluding hydrogens is 341 g/mol. The van der Waals surface area contributed by atoms with Crippen LogP contribution in [0.3, 0.4) is 0 Å². The standard InChI is InChI=1S/C15H15Cl2N3O3/c1-20-4-3-18-14(20)13-8(2-5-23-13)15(22)19-11-6-9(16)10(17)7-12(11)21/h3-4,6-8,13,21H,2,5H2,1H3,(H,19,22)/t8-,13-/m1/s1. The van der Waals surface area contributed by atoms with Crippen LogP contribution >= 0.6 is 23.2 Å². The van der Waals surface area contributed by atoms with E-state index in [1.54, 1.807) is 12.4 Å². The number of phenols is 1. The average molecular weight is 356 g/mol. The Hall–Kier alpha value is -1.76. The van der Waals surface area contributed by atoms with Gasteiger partial charge in [-0.05, 0) is 12.5 Å². The lowest BCUT2D eigenvalue weighted by atomic mass is 9.99. The molecule has 2 heterocycles. The summed E-state index contributed by atoms with van der Waals surface area (Å²) < 4.78 is 7.50. The van der Waals surface area contributed by atoms with Crippen molar-refractivity contribution in [1.82, 2.24) is 9.55 Å². The molecule has 1 aromatic carbocycles.